The number of esters is 1. The van der Waals surface area contributed by atoms with E-state index in [1.807, 2.05) is 0 Å². The molecule has 1 aromatic carbocycles. The van der Waals surface area contributed by atoms with Crippen LogP contribution in [0.2, 0.25) is 0 Å². The SMILES string of the molecule is COC(=O)[C@@]1(Cc2ccc(O)cc2)N[C@H](C(=O)O)CS1. The Bertz CT molecular complexity index is 518. The molecule has 1 fully saturated rings. The summed E-state index contributed by atoms with van der Waals surface area (Å²) in [6.45, 7) is 0. The van der Waals surface area contributed by atoms with E-state index in [2.05, 4.69) is 5.32 Å². The first-order chi connectivity index (χ1) is 9.47. The lowest BCUT2D eigenvalue weighted by atomic mass is 10.0. The highest BCUT2D eigenvalue weighted by Gasteiger charge is 2.48. The molecule has 1 heterocycles. The first-order valence-corrected chi connectivity index (χ1v) is 6.96. The minimum atomic E-state index is -1.10. The van der Waals surface area contributed by atoms with E-state index in [-0.39, 0.29) is 12.2 Å². The molecule has 1 aromatic rings. The van der Waals surface area contributed by atoms with E-state index < -0.39 is 22.9 Å². The molecule has 1 saturated heterocycles. The van der Waals surface area contributed by atoms with Crippen LogP contribution in [0.3, 0.4) is 0 Å². The zero-order valence-corrected chi connectivity index (χ0v) is 11.6. The number of carbonyl (C=O) groups is 2. The van der Waals surface area contributed by atoms with Crippen LogP contribution in [-0.4, -0.2) is 45.9 Å². The number of aliphatic carboxylic acids is 1. The summed E-state index contributed by atoms with van der Waals surface area (Å²) in [5.41, 5.74) is 0.805. The van der Waals surface area contributed by atoms with Crippen molar-refractivity contribution in [3.8, 4) is 5.75 Å². The van der Waals surface area contributed by atoms with Gasteiger partial charge in [0.05, 0.1) is 7.11 Å². The summed E-state index contributed by atoms with van der Waals surface area (Å²) in [4.78, 5) is 22.0. The summed E-state index contributed by atoms with van der Waals surface area (Å²) < 4.78 is 4.80. The molecule has 2 rings (SSSR count). The molecular weight excluding hydrogens is 282 g/mol. The fourth-order valence-corrected chi connectivity index (χ4v) is 3.45. The minimum absolute atomic E-state index is 0.135. The van der Waals surface area contributed by atoms with Crippen molar-refractivity contribution >= 4 is 23.7 Å². The third-order valence-electron chi connectivity index (χ3n) is 3.11. The third-order valence-corrected chi connectivity index (χ3v) is 4.53. The third kappa shape index (κ3) is 2.88. The fraction of sp³-hybridized carbons (Fsp3) is 0.385. The van der Waals surface area contributed by atoms with Gasteiger partial charge in [-0.3, -0.25) is 10.1 Å². The van der Waals surface area contributed by atoms with Crippen molar-refractivity contribution in [2.24, 2.45) is 0 Å². The van der Waals surface area contributed by atoms with Crippen molar-refractivity contribution in [3.05, 3.63) is 29.8 Å². The van der Waals surface area contributed by atoms with Crippen LogP contribution in [0.5, 0.6) is 5.75 Å². The van der Waals surface area contributed by atoms with Crippen molar-refractivity contribution in [1.82, 2.24) is 5.32 Å². The molecule has 0 bridgehead atoms. The second-order valence-corrected chi connectivity index (χ2v) is 5.83. The highest BCUT2D eigenvalue weighted by Crippen LogP contribution is 2.35. The molecule has 7 heteroatoms. The number of thioether (sulfide) groups is 1. The summed E-state index contributed by atoms with van der Waals surface area (Å²) in [6.07, 6.45) is 0.286. The van der Waals surface area contributed by atoms with Gasteiger partial charge in [0.25, 0.3) is 0 Å². The standard InChI is InChI=1S/C13H15NO5S/c1-19-12(18)13(14-10(7-20-13)11(16)17)6-8-2-4-9(15)5-3-8/h2-5,10,14-15H,6-7H2,1H3,(H,16,17)/t10-,13-/m0/s1. The molecule has 108 valence electrons. The first-order valence-electron chi connectivity index (χ1n) is 5.97. The smallest absolute Gasteiger partial charge is 0.336 e. The Morgan fingerprint density at radius 1 is 1.45 bits per heavy atom. The van der Waals surface area contributed by atoms with Gasteiger partial charge in [0, 0.05) is 12.2 Å². The Balaban J connectivity index is 2.23. The second-order valence-electron chi connectivity index (χ2n) is 4.51. The highest BCUT2D eigenvalue weighted by atomic mass is 32.2. The molecule has 0 aromatic heterocycles. The van der Waals surface area contributed by atoms with E-state index in [1.54, 1.807) is 12.1 Å². The van der Waals surface area contributed by atoms with Gasteiger partial charge in [0.1, 0.15) is 11.8 Å². The van der Waals surface area contributed by atoms with Crippen LogP contribution in [-0.2, 0) is 20.7 Å². The molecule has 0 unspecified atom stereocenters. The molecule has 0 radical (unpaired) electrons. The van der Waals surface area contributed by atoms with Crippen molar-refractivity contribution < 1.29 is 24.5 Å². The zero-order chi connectivity index (χ0) is 14.8. The van der Waals surface area contributed by atoms with Gasteiger partial charge in [-0.2, -0.15) is 0 Å². The van der Waals surface area contributed by atoms with E-state index in [0.717, 1.165) is 5.56 Å². The van der Waals surface area contributed by atoms with Gasteiger partial charge in [-0.15, -0.1) is 11.8 Å². The van der Waals surface area contributed by atoms with E-state index in [1.165, 1.54) is 31.0 Å². The maximum absolute atomic E-state index is 12.0. The van der Waals surface area contributed by atoms with E-state index >= 15 is 0 Å². The average molecular weight is 297 g/mol. The number of hydrogen-bond acceptors (Lipinski definition) is 6. The number of methoxy groups -OCH3 is 1. The Morgan fingerprint density at radius 2 is 2.10 bits per heavy atom. The number of phenols is 1. The molecule has 20 heavy (non-hydrogen) atoms. The van der Waals surface area contributed by atoms with Crippen molar-refractivity contribution in [1.29, 1.82) is 0 Å². The summed E-state index contributed by atoms with van der Waals surface area (Å²) in [5, 5.41) is 21.1. The number of hydrogen-bond donors (Lipinski definition) is 3. The highest BCUT2D eigenvalue weighted by molar-refractivity contribution is 8.01. The van der Waals surface area contributed by atoms with Gasteiger partial charge in [0.15, 0.2) is 4.87 Å². The van der Waals surface area contributed by atoms with Gasteiger partial charge in [-0.25, -0.2) is 4.79 Å². The van der Waals surface area contributed by atoms with Gasteiger partial charge in [-0.1, -0.05) is 12.1 Å². The van der Waals surface area contributed by atoms with Crippen LogP contribution >= 0.6 is 11.8 Å². The van der Waals surface area contributed by atoms with Crippen molar-refractivity contribution in [2.75, 3.05) is 12.9 Å². The first kappa shape index (κ1) is 14.7. The number of carboxylic acid groups (broad SMARTS) is 1. The molecule has 0 saturated carbocycles. The maximum atomic E-state index is 12.0. The number of aromatic hydroxyl groups is 1. The molecular formula is C13H15NO5S. The van der Waals surface area contributed by atoms with Gasteiger partial charge in [-0.05, 0) is 17.7 Å². The second kappa shape index (κ2) is 5.72. The molecule has 2 atom stereocenters. The lowest BCUT2D eigenvalue weighted by Crippen LogP contribution is -2.52. The number of ether oxygens (including phenoxy) is 1. The number of nitrogens with one attached hydrogen (secondary N) is 1. The van der Waals surface area contributed by atoms with Crippen LogP contribution in [0.15, 0.2) is 24.3 Å². The largest absolute Gasteiger partial charge is 0.508 e. The van der Waals surface area contributed by atoms with E-state index in [4.69, 9.17) is 9.84 Å². The van der Waals surface area contributed by atoms with Crippen LogP contribution < -0.4 is 5.32 Å². The summed E-state index contributed by atoms with van der Waals surface area (Å²) >= 11 is 1.23. The Kier molecular flexibility index (Phi) is 4.20. The van der Waals surface area contributed by atoms with Crippen LogP contribution in [0.25, 0.3) is 0 Å². The Labute approximate surface area is 120 Å². The lowest BCUT2D eigenvalue weighted by molar-refractivity contribution is -0.145. The summed E-state index contributed by atoms with van der Waals surface area (Å²) in [5.74, 6) is -1.06. The summed E-state index contributed by atoms with van der Waals surface area (Å²) in [7, 11) is 1.28. The van der Waals surface area contributed by atoms with Crippen LogP contribution in [0.4, 0.5) is 0 Å². The predicted octanol–water partition coefficient (Wildman–Crippen LogP) is 0.594. The predicted molar refractivity (Wildman–Crippen MR) is 73.6 cm³/mol. The number of phenolic OH excluding ortho intramolecular Hbond substituents is 1. The van der Waals surface area contributed by atoms with Gasteiger partial charge in [0.2, 0.25) is 0 Å². The zero-order valence-electron chi connectivity index (χ0n) is 10.8. The van der Waals surface area contributed by atoms with Crippen LogP contribution in [0.1, 0.15) is 5.56 Å². The number of carbonyl (C=O) groups excluding carboxylic acids is 1. The quantitative estimate of drug-likeness (QED) is 0.700. The molecule has 1 aliphatic heterocycles. The molecule has 3 N–H and O–H groups in total. The normalized spacial score (nSPS) is 25.4. The van der Waals surface area contributed by atoms with Gasteiger partial charge >= 0.3 is 11.9 Å². The molecule has 0 spiro atoms. The Hall–Kier alpha value is -1.73. The number of carboxylic acids is 1. The number of benzene rings is 1. The van der Waals surface area contributed by atoms with Crippen molar-refractivity contribution in [3.63, 3.8) is 0 Å². The fourth-order valence-electron chi connectivity index (χ4n) is 2.08. The maximum Gasteiger partial charge on any atom is 0.336 e. The van der Waals surface area contributed by atoms with E-state index in [0.29, 0.717) is 5.75 Å². The molecule has 6 nitrogen and oxygen atoms in total. The molecule has 0 amide bonds. The van der Waals surface area contributed by atoms with Crippen LogP contribution in [0, 0.1) is 0 Å². The van der Waals surface area contributed by atoms with Crippen molar-refractivity contribution in [2.45, 2.75) is 17.3 Å². The summed E-state index contributed by atoms with van der Waals surface area (Å²) in [6, 6.07) is 5.65. The topological polar surface area (TPSA) is 95.9 Å². The monoisotopic (exact) mass is 297 g/mol. The minimum Gasteiger partial charge on any atom is -0.508 e. The Morgan fingerprint density at radius 3 is 2.60 bits per heavy atom. The average Bonchev–Trinajstić information content (AvgIpc) is 2.86. The number of rotatable bonds is 4. The molecule has 0 aliphatic carbocycles. The van der Waals surface area contributed by atoms with Gasteiger partial charge < -0.3 is 14.9 Å². The molecule has 1 aliphatic rings. The van der Waals surface area contributed by atoms with E-state index in [9.17, 15) is 14.7 Å². The lowest BCUT2D eigenvalue weighted by Gasteiger charge is -2.26.